The van der Waals surface area contributed by atoms with Crippen LogP contribution in [0.3, 0.4) is 0 Å². The van der Waals surface area contributed by atoms with Crippen LogP contribution in [0, 0.1) is 11.8 Å². The summed E-state index contributed by atoms with van der Waals surface area (Å²) < 4.78 is 10.3. The molecule has 2 atom stereocenters. The van der Waals surface area contributed by atoms with E-state index in [4.69, 9.17) is 9.47 Å². The van der Waals surface area contributed by atoms with Crippen molar-refractivity contribution < 1.29 is 9.47 Å². The fraction of sp³-hybridized carbons (Fsp3) is 0.667. The fourth-order valence-corrected chi connectivity index (χ4v) is 3.36. The molecule has 0 aromatic heterocycles. The summed E-state index contributed by atoms with van der Waals surface area (Å²) in [5, 5.41) is 0. The van der Waals surface area contributed by atoms with E-state index in [1.54, 1.807) is 7.11 Å². The number of fused-ring (bicyclic) bond motifs is 1. The van der Waals surface area contributed by atoms with Crippen molar-refractivity contribution >= 4 is 5.69 Å². The molecule has 0 bridgehead atoms. The van der Waals surface area contributed by atoms with E-state index in [-0.39, 0.29) is 0 Å². The molecule has 122 valence electrons. The molecule has 4 nitrogen and oxygen atoms in total. The molecule has 1 aliphatic carbocycles. The highest BCUT2D eigenvalue weighted by Crippen LogP contribution is 2.44. The maximum absolute atomic E-state index is 5.28. The lowest BCUT2D eigenvalue weighted by atomic mass is 10.3. The number of para-hydroxylation sites is 1. The highest BCUT2D eigenvalue weighted by atomic mass is 16.5. The van der Waals surface area contributed by atoms with Crippen molar-refractivity contribution in [2.24, 2.45) is 11.8 Å². The summed E-state index contributed by atoms with van der Waals surface area (Å²) in [4.78, 5) is 4.87. The van der Waals surface area contributed by atoms with Crippen LogP contribution in [0.5, 0.6) is 0 Å². The average Bonchev–Trinajstić information content (AvgIpc) is 3.21. The molecule has 2 unspecified atom stereocenters. The summed E-state index contributed by atoms with van der Waals surface area (Å²) in [6, 6.07) is 10.5. The number of likely N-dealkylation sites (tertiary alicyclic amines) is 1. The summed E-state index contributed by atoms with van der Waals surface area (Å²) >= 11 is 0. The zero-order valence-corrected chi connectivity index (χ0v) is 13.6. The number of morpholine rings is 1. The van der Waals surface area contributed by atoms with Gasteiger partial charge >= 0.3 is 0 Å². The van der Waals surface area contributed by atoms with Gasteiger partial charge in [-0.05, 0) is 30.4 Å². The summed E-state index contributed by atoms with van der Waals surface area (Å²) in [5.74, 6) is 2.13. The van der Waals surface area contributed by atoms with E-state index < -0.39 is 0 Å². The van der Waals surface area contributed by atoms with Crippen molar-refractivity contribution in [3.63, 3.8) is 0 Å². The Hall–Kier alpha value is -1.10. The minimum atomic E-state index is 0.856. The topological polar surface area (TPSA) is 24.9 Å². The lowest BCUT2D eigenvalue weighted by Crippen LogP contribution is -2.36. The molecule has 2 saturated heterocycles. The number of anilines is 1. The van der Waals surface area contributed by atoms with Crippen LogP contribution in [0.15, 0.2) is 30.3 Å². The van der Waals surface area contributed by atoms with Gasteiger partial charge in [-0.25, -0.2) is 0 Å². The molecular formula is C18H28N2O2. The maximum Gasteiger partial charge on any atom is 0.0642 e. The fourth-order valence-electron chi connectivity index (χ4n) is 3.36. The van der Waals surface area contributed by atoms with Crippen molar-refractivity contribution in [3.05, 3.63) is 30.3 Å². The van der Waals surface area contributed by atoms with Gasteiger partial charge in [-0.2, -0.15) is 0 Å². The third-order valence-corrected chi connectivity index (χ3v) is 4.80. The Bertz CT molecular complexity index is 424. The Morgan fingerprint density at radius 3 is 2.41 bits per heavy atom. The van der Waals surface area contributed by atoms with E-state index in [1.807, 2.05) is 6.07 Å². The number of piperidine rings is 1. The lowest BCUT2D eigenvalue weighted by molar-refractivity contribution is 0.122. The smallest absolute Gasteiger partial charge is 0.0642 e. The first-order valence-corrected chi connectivity index (χ1v) is 8.46. The van der Waals surface area contributed by atoms with E-state index in [2.05, 4.69) is 34.1 Å². The van der Waals surface area contributed by atoms with Crippen LogP contribution in [0.25, 0.3) is 0 Å². The quantitative estimate of drug-likeness (QED) is 0.850. The van der Waals surface area contributed by atoms with Gasteiger partial charge in [0.25, 0.3) is 0 Å². The highest BCUT2D eigenvalue weighted by Gasteiger charge is 2.44. The summed E-state index contributed by atoms with van der Waals surface area (Å²) in [6.45, 7) is 8.48. The molecule has 4 rings (SSSR count). The highest BCUT2D eigenvalue weighted by molar-refractivity contribution is 5.46. The number of hydrogen-bond acceptors (Lipinski definition) is 4. The molecule has 0 radical (unpaired) electrons. The third kappa shape index (κ3) is 4.45. The number of methoxy groups -OCH3 is 1. The summed E-state index contributed by atoms with van der Waals surface area (Å²) in [5.41, 5.74) is 1.31. The van der Waals surface area contributed by atoms with Gasteiger partial charge < -0.3 is 19.3 Å². The van der Waals surface area contributed by atoms with Gasteiger partial charge in [0.1, 0.15) is 0 Å². The maximum atomic E-state index is 5.28. The normalized spacial score (nSPS) is 27.0. The second-order valence-corrected chi connectivity index (χ2v) is 6.44. The molecule has 2 aliphatic heterocycles. The number of benzene rings is 1. The van der Waals surface area contributed by atoms with Gasteiger partial charge in [0.15, 0.2) is 0 Å². The number of ether oxygens (including phenoxy) is 2. The van der Waals surface area contributed by atoms with Crippen LogP contribution < -0.4 is 4.90 Å². The largest absolute Gasteiger partial charge is 0.383 e. The number of nitrogens with zero attached hydrogens (tertiary/aromatic N) is 2. The van der Waals surface area contributed by atoms with Gasteiger partial charge in [0.2, 0.25) is 0 Å². The van der Waals surface area contributed by atoms with Crippen LogP contribution in [0.2, 0.25) is 0 Å². The van der Waals surface area contributed by atoms with Crippen LogP contribution in [-0.2, 0) is 9.47 Å². The zero-order valence-electron chi connectivity index (χ0n) is 13.6. The van der Waals surface area contributed by atoms with Crippen molar-refractivity contribution in [1.82, 2.24) is 4.90 Å². The van der Waals surface area contributed by atoms with E-state index >= 15 is 0 Å². The van der Waals surface area contributed by atoms with Crippen molar-refractivity contribution in [2.45, 2.75) is 6.42 Å². The SMILES string of the molecule is COCCN1CC2CC2C1.c1ccc(N2CCOCC2)cc1. The second kappa shape index (κ2) is 7.95. The Morgan fingerprint density at radius 1 is 1.09 bits per heavy atom. The predicted octanol–water partition coefficient (Wildman–Crippen LogP) is 2.11. The van der Waals surface area contributed by atoms with E-state index in [1.165, 1.54) is 25.2 Å². The molecule has 0 N–H and O–H groups in total. The van der Waals surface area contributed by atoms with E-state index in [0.717, 1.165) is 51.3 Å². The van der Waals surface area contributed by atoms with E-state index in [9.17, 15) is 0 Å². The molecule has 22 heavy (non-hydrogen) atoms. The molecule has 3 fully saturated rings. The van der Waals surface area contributed by atoms with Crippen LogP contribution in [0.1, 0.15) is 6.42 Å². The van der Waals surface area contributed by atoms with Crippen molar-refractivity contribution in [1.29, 1.82) is 0 Å². The predicted molar refractivity (Wildman–Crippen MR) is 89.4 cm³/mol. The zero-order chi connectivity index (χ0) is 15.2. The van der Waals surface area contributed by atoms with Crippen LogP contribution >= 0.6 is 0 Å². The molecule has 2 heterocycles. The lowest BCUT2D eigenvalue weighted by Gasteiger charge is -2.28. The molecule has 0 spiro atoms. The monoisotopic (exact) mass is 304 g/mol. The van der Waals surface area contributed by atoms with Crippen molar-refractivity contribution in [2.75, 3.05) is 64.6 Å². The third-order valence-electron chi connectivity index (χ3n) is 4.80. The first-order valence-electron chi connectivity index (χ1n) is 8.46. The molecule has 0 amide bonds. The molecular weight excluding hydrogens is 276 g/mol. The average molecular weight is 304 g/mol. The Balaban J connectivity index is 0.000000133. The van der Waals surface area contributed by atoms with E-state index in [0.29, 0.717) is 0 Å². The van der Waals surface area contributed by atoms with Gasteiger partial charge in [-0.3, -0.25) is 0 Å². The minimum absolute atomic E-state index is 0.856. The van der Waals surface area contributed by atoms with Gasteiger partial charge in [0.05, 0.1) is 19.8 Å². The first kappa shape index (κ1) is 15.8. The standard InChI is InChI=1S/C10H13NO.C8H15NO/c1-2-4-10(5-3-1)11-6-8-12-9-7-11;1-10-3-2-9-5-7-4-8(7)6-9/h1-5H,6-9H2;7-8H,2-6H2,1H3. The molecule has 1 saturated carbocycles. The summed E-state index contributed by atoms with van der Waals surface area (Å²) in [6.07, 6.45) is 1.50. The second-order valence-electron chi connectivity index (χ2n) is 6.44. The number of rotatable bonds is 4. The molecule has 4 heteroatoms. The van der Waals surface area contributed by atoms with Crippen LogP contribution in [0.4, 0.5) is 5.69 Å². The Morgan fingerprint density at radius 2 is 1.77 bits per heavy atom. The van der Waals surface area contributed by atoms with Gasteiger partial charge in [-0.15, -0.1) is 0 Å². The van der Waals surface area contributed by atoms with Gasteiger partial charge in [-0.1, -0.05) is 18.2 Å². The summed E-state index contributed by atoms with van der Waals surface area (Å²) in [7, 11) is 1.77. The molecule has 1 aromatic rings. The van der Waals surface area contributed by atoms with Crippen molar-refractivity contribution in [3.8, 4) is 0 Å². The van der Waals surface area contributed by atoms with Gasteiger partial charge in [0, 0.05) is 45.5 Å². The minimum Gasteiger partial charge on any atom is -0.383 e. The Labute approximate surface area is 134 Å². The number of hydrogen-bond donors (Lipinski definition) is 0. The molecule has 1 aromatic carbocycles. The Kier molecular flexibility index (Phi) is 5.70. The molecule has 3 aliphatic rings. The first-order chi connectivity index (χ1) is 10.9. The van der Waals surface area contributed by atoms with Crippen LogP contribution in [-0.4, -0.2) is 64.6 Å².